The largest absolute Gasteiger partial charge is 0.368 e. The van der Waals surface area contributed by atoms with E-state index in [0.717, 1.165) is 49.0 Å². The molecule has 0 radical (unpaired) electrons. The maximum absolute atomic E-state index is 4.47. The third-order valence-corrected chi connectivity index (χ3v) is 5.56. The maximum atomic E-state index is 4.47. The number of hydrogen-bond acceptors (Lipinski definition) is 4. The van der Waals surface area contributed by atoms with E-state index in [9.17, 15) is 0 Å². The summed E-state index contributed by atoms with van der Waals surface area (Å²) in [6, 6.07) is 25.6. The summed E-state index contributed by atoms with van der Waals surface area (Å²) >= 11 is 0. The van der Waals surface area contributed by atoms with E-state index in [2.05, 4.69) is 118 Å². The topological polar surface area (TPSA) is 48.8 Å². The Morgan fingerprint density at radius 2 is 0.969 bits per heavy atom. The molecule has 2 aliphatic heterocycles. The van der Waals surface area contributed by atoms with E-state index in [-0.39, 0.29) is 0 Å². The van der Waals surface area contributed by atoms with Crippen molar-refractivity contribution in [1.29, 1.82) is 0 Å². The van der Waals surface area contributed by atoms with Gasteiger partial charge in [0.1, 0.15) is 11.7 Å². The highest BCUT2D eigenvalue weighted by Crippen LogP contribution is 2.15. The lowest BCUT2D eigenvalue weighted by molar-refractivity contribution is 0.960. The average Bonchev–Trinajstić information content (AvgIpc) is 3.57. The minimum absolute atomic E-state index is 0.861. The van der Waals surface area contributed by atoms with Gasteiger partial charge in [0.05, 0.1) is 13.1 Å². The van der Waals surface area contributed by atoms with E-state index in [1.807, 2.05) is 0 Å². The fourth-order valence-corrected chi connectivity index (χ4v) is 3.84. The SMILES string of the molecule is C(=C\c1cccc(/C=C/c2ccc(C3=NCCN3)cc2)c1)/c1ccc(C2=NCCN2)cc1. The van der Waals surface area contributed by atoms with Crippen LogP contribution >= 0.6 is 0 Å². The third kappa shape index (κ3) is 4.86. The van der Waals surface area contributed by atoms with Crippen LogP contribution in [-0.2, 0) is 0 Å². The van der Waals surface area contributed by atoms with E-state index < -0.39 is 0 Å². The molecule has 0 atom stereocenters. The van der Waals surface area contributed by atoms with Gasteiger partial charge in [-0.1, -0.05) is 91.0 Å². The second-order valence-corrected chi connectivity index (χ2v) is 7.90. The first-order chi connectivity index (χ1) is 15.8. The number of aliphatic imine (C=N–C) groups is 2. The van der Waals surface area contributed by atoms with Crippen LogP contribution in [0.15, 0.2) is 82.8 Å². The normalized spacial score (nSPS) is 15.6. The predicted molar refractivity (Wildman–Crippen MR) is 136 cm³/mol. The molecule has 4 nitrogen and oxygen atoms in total. The number of nitrogens with zero attached hydrogens (tertiary/aromatic N) is 2. The van der Waals surface area contributed by atoms with Gasteiger partial charge in [0, 0.05) is 24.2 Å². The Hall–Kier alpha value is -3.92. The van der Waals surface area contributed by atoms with E-state index in [4.69, 9.17) is 0 Å². The zero-order valence-electron chi connectivity index (χ0n) is 18.0. The molecule has 2 N–H and O–H groups in total. The Kier molecular flexibility index (Phi) is 5.93. The maximum Gasteiger partial charge on any atom is 0.128 e. The molecule has 0 unspecified atom stereocenters. The predicted octanol–water partition coefficient (Wildman–Crippen LogP) is 4.73. The fraction of sp³-hybridized carbons (Fsp3) is 0.143. The molecule has 5 rings (SSSR count). The van der Waals surface area contributed by atoms with Crippen LogP contribution in [-0.4, -0.2) is 37.9 Å². The lowest BCUT2D eigenvalue weighted by Gasteiger charge is -2.03. The van der Waals surface area contributed by atoms with Crippen LogP contribution in [0, 0.1) is 0 Å². The summed E-state index contributed by atoms with van der Waals surface area (Å²) in [7, 11) is 0. The average molecular weight is 419 g/mol. The standard InChI is InChI=1S/C28H26N4/c1-2-23(6-4-21-8-12-25(13-9-21)27-29-16-17-30-27)20-24(3-1)7-5-22-10-14-26(15-11-22)28-31-18-19-32-28/h1-15,20H,16-19H2,(H,29,30)(H,31,32)/b6-4+,7-5+. The first kappa shape index (κ1) is 20.0. The fourth-order valence-electron chi connectivity index (χ4n) is 3.84. The Morgan fingerprint density at radius 3 is 1.38 bits per heavy atom. The van der Waals surface area contributed by atoms with Gasteiger partial charge in [-0.2, -0.15) is 0 Å². The van der Waals surface area contributed by atoms with Gasteiger partial charge in [0.15, 0.2) is 0 Å². The Bertz CT molecular complexity index is 1110. The number of nitrogens with one attached hydrogen (secondary N) is 2. The third-order valence-electron chi connectivity index (χ3n) is 5.56. The minimum atomic E-state index is 0.861. The lowest BCUT2D eigenvalue weighted by atomic mass is 10.1. The van der Waals surface area contributed by atoms with Crippen molar-refractivity contribution in [3.8, 4) is 0 Å². The summed E-state index contributed by atoms with van der Waals surface area (Å²) in [5.74, 6) is 2.00. The van der Waals surface area contributed by atoms with Gasteiger partial charge in [0.2, 0.25) is 0 Å². The van der Waals surface area contributed by atoms with Gasteiger partial charge in [0.25, 0.3) is 0 Å². The molecule has 0 spiro atoms. The second kappa shape index (κ2) is 9.48. The molecule has 0 aromatic heterocycles. The van der Waals surface area contributed by atoms with Crippen molar-refractivity contribution >= 4 is 36.0 Å². The van der Waals surface area contributed by atoms with Crippen molar-refractivity contribution in [1.82, 2.24) is 10.6 Å². The Labute approximate surface area is 189 Å². The monoisotopic (exact) mass is 418 g/mol. The highest BCUT2D eigenvalue weighted by molar-refractivity contribution is 6.00. The van der Waals surface area contributed by atoms with Gasteiger partial charge in [-0.3, -0.25) is 9.98 Å². The quantitative estimate of drug-likeness (QED) is 0.569. The van der Waals surface area contributed by atoms with Gasteiger partial charge in [-0.05, 0) is 28.3 Å². The zero-order chi connectivity index (χ0) is 21.6. The highest BCUT2D eigenvalue weighted by Gasteiger charge is 2.07. The summed E-state index contributed by atoms with van der Waals surface area (Å²) in [4.78, 5) is 8.95. The molecule has 4 heteroatoms. The molecule has 158 valence electrons. The molecule has 3 aromatic rings. The van der Waals surface area contributed by atoms with Crippen molar-refractivity contribution in [2.75, 3.05) is 26.2 Å². The molecule has 2 heterocycles. The molecule has 0 bridgehead atoms. The molecule has 0 saturated heterocycles. The van der Waals surface area contributed by atoms with Crippen molar-refractivity contribution in [3.05, 3.63) is 106 Å². The number of amidine groups is 2. The van der Waals surface area contributed by atoms with Crippen molar-refractivity contribution in [3.63, 3.8) is 0 Å². The Balaban J connectivity index is 1.24. The summed E-state index contributed by atoms with van der Waals surface area (Å²) in [6.07, 6.45) is 8.60. The summed E-state index contributed by atoms with van der Waals surface area (Å²) in [6.45, 7) is 3.58. The van der Waals surface area contributed by atoms with Gasteiger partial charge in [-0.15, -0.1) is 0 Å². The molecule has 0 amide bonds. The molecule has 0 fully saturated rings. The molecule has 32 heavy (non-hydrogen) atoms. The lowest BCUT2D eigenvalue weighted by Crippen LogP contribution is -2.19. The molecule has 0 saturated carbocycles. The molecular formula is C28H26N4. The van der Waals surface area contributed by atoms with Crippen LogP contribution in [0.1, 0.15) is 33.4 Å². The van der Waals surface area contributed by atoms with Crippen molar-refractivity contribution in [2.45, 2.75) is 0 Å². The van der Waals surface area contributed by atoms with Gasteiger partial charge in [-0.25, -0.2) is 0 Å². The molecule has 0 aliphatic carbocycles. The zero-order valence-corrected chi connectivity index (χ0v) is 18.0. The summed E-state index contributed by atoms with van der Waals surface area (Å²) < 4.78 is 0. The van der Waals surface area contributed by atoms with E-state index in [0.29, 0.717) is 0 Å². The van der Waals surface area contributed by atoms with Crippen LogP contribution in [0.5, 0.6) is 0 Å². The van der Waals surface area contributed by atoms with Crippen LogP contribution in [0.3, 0.4) is 0 Å². The van der Waals surface area contributed by atoms with E-state index in [1.54, 1.807) is 0 Å². The van der Waals surface area contributed by atoms with E-state index in [1.165, 1.54) is 22.3 Å². The van der Waals surface area contributed by atoms with Crippen LogP contribution in [0.25, 0.3) is 24.3 Å². The van der Waals surface area contributed by atoms with Crippen molar-refractivity contribution in [2.24, 2.45) is 9.98 Å². The number of hydrogen-bond donors (Lipinski definition) is 2. The molecule has 3 aromatic carbocycles. The van der Waals surface area contributed by atoms with Crippen molar-refractivity contribution < 1.29 is 0 Å². The number of rotatable bonds is 6. The van der Waals surface area contributed by atoms with Gasteiger partial charge < -0.3 is 10.6 Å². The van der Waals surface area contributed by atoms with Crippen LogP contribution < -0.4 is 10.6 Å². The van der Waals surface area contributed by atoms with Crippen LogP contribution in [0.2, 0.25) is 0 Å². The van der Waals surface area contributed by atoms with Gasteiger partial charge >= 0.3 is 0 Å². The number of benzene rings is 3. The molecular weight excluding hydrogens is 392 g/mol. The first-order valence-electron chi connectivity index (χ1n) is 11.1. The summed E-state index contributed by atoms with van der Waals surface area (Å²) in [5.41, 5.74) is 7.00. The summed E-state index contributed by atoms with van der Waals surface area (Å²) in [5, 5.41) is 6.63. The first-order valence-corrected chi connectivity index (χ1v) is 11.1. The minimum Gasteiger partial charge on any atom is -0.368 e. The Morgan fingerprint density at radius 1 is 0.531 bits per heavy atom. The highest BCUT2D eigenvalue weighted by atomic mass is 15.1. The second-order valence-electron chi connectivity index (χ2n) is 7.90. The molecule has 2 aliphatic rings. The smallest absolute Gasteiger partial charge is 0.128 e. The van der Waals surface area contributed by atoms with Crippen LogP contribution in [0.4, 0.5) is 0 Å². The van der Waals surface area contributed by atoms with E-state index >= 15 is 0 Å².